The van der Waals surface area contributed by atoms with Gasteiger partial charge >= 0.3 is 0 Å². The van der Waals surface area contributed by atoms with Crippen LogP contribution >= 0.6 is 11.6 Å². The predicted octanol–water partition coefficient (Wildman–Crippen LogP) is 4.50. The highest BCUT2D eigenvalue weighted by molar-refractivity contribution is 7.90. The van der Waals surface area contributed by atoms with Gasteiger partial charge in [-0.15, -0.1) is 0 Å². The first-order valence-corrected chi connectivity index (χ1v) is 14.6. The highest BCUT2D eigenvalue weighted by Crippen LogP contribution is 2.37. The van der Waals surface area contributed by atoms with Gasteiger partial charge in [0.15, 0.2) is 5.82 Å². The van der Waals surface area contributed by atoms with Crippen molar-refractivity contribution in [3.8, 4) is 0 Å². The summed E-state index contributed by atoms with van der Waals surface area (Å²) in [6.07, 6.45) is 6.92. The van der Waals surface area contributed by atoms with Crippen LogP contribution in [0.5, 0.6) is 0 Å². The van der Waals surface area contributed by atoms with Crippen LogP contribution < -0.4 is 15.5 Å². The smallest absolute Gasteiger partial charge is 0.166 e. The highest BCUT2D eigenvalue weighted by Gasteiger charge is 2.31. The summed E-state index contributed by atoms with van der Waals surface area (Å²) in [5.41, 5.74) is 2.78. The van der Waals surface area contributed by atoms with E-state index >= 15 is 0 Å². The number of methoxy groups -OCH3 is 1. The van der Waals surface area contributed by atoms with Crippen molar-refractivity contribution in [3.05, 3.63) is 54.2 Å². The third kappa shape index (κ3) is 6.74. The lowest BCUT2D eigenvalue weighted by molar-refractivity contribution is 0.203. The minimum absolute atomic E-state index is 0.164. The number of fused-ring (bicyclic) bond motifs is 1. The molecule has 0 amide bonds. The minimum Gasteiger partial charge on any atom is -0.617 e. The molecule has 9 nitrogen and oxygen atoms in total. The summed E-state index contributed by atoms with van der Waals surface area (Å²) < 4.78 is 16.6. The van der Waals surface area contributed by atoms with Gasteiger partial charge in [0.1, 0.15) is 22.6 Å². The summed E-state index contributed by atoms with van der Waals surface area (Å²) in [6, 6.07) is 8.18. The number of pyridine rings is 1. The second-order valence-electron chi connectivity index (χ2n) is 9.66. The normalized spacial score (nSPS) is 15.0. The molecule has 3 N–H and O–H groups in total. The van der Waals surface area contributed by atoms with Crippen molar-refractivity contribution in [3.63, 3.8) is 0 Å². The Balaban J connectivity index is 1.60. The monoisotopic (exact) mass is 555 g/mol. The molecule has 1 fully saturated rings. The van der Waals surface area contributed by atoms with E-state index in [1.54, 1.807) is 31.8 Å². The molecule has 0 aliphatic carbocycles. The van der Waals surface area contributed by atoms with Gasteiger partial charge in [-0.3, -0.25) is 5.41 Å². The first-order valence-electron chi connectivity index (χ1n) is 12.5. The largest absolute Gasteiger partial charge is 0.617 e. The van der Waals surface area contributed by atoms with Crippen LogP contribution in [0.2, 0.25) is 0 Å². The molecule has 3 heterocycles. The van der Waals surface area contributed by atoms with Crippen LogP contribution in [0.1, 0.15) is 31.2 Å². The van der Waals surface area contributed by atoms with Crippen LogP contribution in [-0.4, -0.2) is 70.0 Å². The molecule has 1 aliphatic rings. The summed E-state index contributed by atoms with van der Waals surface area (Å²) in [7, 11) is 1.62. The molecule has 0 radical (unpaired) electrons. The van der Waals surface area contributed by atoms with E-state index in [-0.39, 0.29) is 5.17 Å². The van der Waals surface area contributed by atoms with Crippen molar-refractivity contribution in [2.75, 3.05) is 55.6 Å². The average Bonchev–Trinajstić information content (AvgIpc) is 2.85. The molecule has 4 rings (SSSR count). The molecule has 202 valence electrons. The summed E-state index contributed by atoms with van der Waals surface area (Å²) in [4.78, 5) is 15.9. The molecule has 11 heteroatoms. The molecule has 38 heavy (non-hydrogen) atoms. The number of nitrogens with one attached hydrogen (secondary N) is 3. The summed E-state index contributed by atoms with van der Waals surface area (Å²) >= 11 is 5.24. The fraction of sp³-hybridized carbons (Fsp3) is 0.407. The fourth-order valence-corrected chi connectivity index (χ4v) is 5.56. The zero-order chi connectivity index (χ0) is 27.2. The van der Waals surface area contributed by atoms with E-state index in [2.05, 4.69) is 57.5 Å². The van der Waals surface area contributed by atoms with Gasteiger partial charge in [-0.05, 0) is 35.1 Å². The van der Waals surface area contributed by atoms with Crippen LogP contribution in [0.3, 0.4) is 0 Å². The van der Waals surface area contributed by atoms with Crippen LogP contribution in [0.25, 0.3) is 16.3 Å². The fourth-order valence-electron chi connectivity index (χ4n) is 4.55. The van der Waals surface area contributed by atoms with Gasteiger partial charge in [0.2, 0.25) is 0 Å². The maximum absolute atomic E-state index is 11.6. The van der Waals surface area contributed by atoms with Gasteiger partial charge in [-0.25, -0.2) is 15.0 Å². The van der Waals surface area contributed by atoms with Crippen molar-refractivity contribution in [1.82, 2.24) is 20.3 Å². The topological polar surface area (TPSA) is 122 Å². The van der Waals surface area contributed by atoms with Gasteiger partial charge in [-0.1, -0.05) is 42.7 Å². The van der Waals surface area contributed by atoms with Gasteiger partial charge in [0.05, 0.1) is 18.4 Å². The second-order valence-corrected chi connectivity index (χ2v) is 11.5. The van der Waals surface area contributed by atoms with E-state index in [0.717, 1.165) is 35.3 Å². The average molecular weight is 556 g/mol. The zero-order valence-electron chi connectivity index (χ0n) is 22.1. The number of halogens is 1. The van der Waals surface area contributed by atoms with E-state index < -0.39 is 11.2 Å². The molecule has 1 aliphatic heterocycles. The van der Waals surface area contributed by atoms with Gasteiger partial charge in [-0.2, -0.15) is 0 Å². The van der Waals surface area contributed by atoms with Crippen LogP contribution in [0.4, 0.5) is 17.3 Å². The van der Waals surface area contributed by atoms with Gasteiger partial charge in [0, 0.05) is 62.3 Å². The Morgan fingerprint density at radius 2 is 2.05 bits per heavy atom. The molecule has 0 bridgehead atoms. The SMILES string of the molecule is COCCN/C=C(\C(=N)Cl)c1nccc(Nc2cc3c(C(C)C)ccc(N4CC(C[S+](C)[O-])C4)c3cn2)n1. The molecule has 3 aromatic rings. The Morgan fingerprint density at radius 1 is 1.26 bits per heavy atom. The van der Waals surface area contributed by atoms with E-state index in [1.165, 1.54) is 5.56 Å². The Labute approximate surface area is 231 Å². The Morgan fingerprint density at radius 3 is 2.74 bits per heavy atom. The number of ether oxygens (including phenoxy) is 1. The molecule has 0 spiro atoms. The van der Waals surface area contributed by atoms with Crippen molar-refractivity contribution >= 4 is 61.6 Å². The molecule has 1 saturated heterocycles. The van der Waals surface area contributed by atoms with Crippen LogP contribution in [0.15, 0.2) is 42.9 Å². The van der Waals surface area contributed by atoms with Gasteiger partial charge < -0.3 is 24.8 Å². The molecule has 2 aromatic heterocycles. The lowest BCUT2D eigenvalue weighted by atomic mass is 9.93. The number of anilines is 3. The van der Waals surface area contributed by atoms with E-state index in [4.69, 9.17) is 26.7 Å². The first-order chi connectivity index (χ1) is 18.3. The number of aromatic nitrogens is 3. The third-order valence-corrected chi connectivity index (χ3v) is 7.53. The maximum atomic E-state index is 11.6. The molecule has 1 unspecified atom stereocenters. The standard InChI is InChI=1S/C27H34ClN7O2S/c1-17(2)19-5-6-23(35-14-18(15-35)16-38(4)36)21-13-32-25(11-20(19)21)33-24-7-8-31-27(34-24)22(26(28)29)12-30-9-10-37-3/h5-8,11-13,17-18,29-30H,9-10,14-16H2,1-4H3,(H,31,32,33,34)/b22-12+,29-26?. The van der Waals surface area contributed by atoms with Crippen LogP contribution in [0, 0.1) is 11.3 Å². The summed E-state index contributed by atoms with van der Waals surface area (Å²) in [6.45, 7) is 7.28. The Bertz CT molecular complexity index is 1310. The number of allylic oxidation sites excluding steroid dienone is 1. The minimum atomic E-state index is -0.775. The summed E-state index contributed by atoms with van der Waals surface area (Å²) in [5, 5.41) is 16.4. The molecular formula is C27H34ClN7O2S. The molecular weight excluding hydrogens is 522 g/mol. The third-order valence-electron chi connectivity index (χ3n) is 6.39. The Kier molecular flexibility index (Phi) is 9.43. The lowest BCUT2D eigenvalue weighted by Gasteiger charge is -2.41. The number of benzene rings is 1. The number of nitrogens with zero attached hydrogens (tertiary/aromatic N) is 4. The first kappa shape index (κ1) is 28.1. The van der Waals surface area contributed by atoms with Crippen LogP contribution in [-0.2, 0) is 15.9 Å². The summed E-state index contributed by atoms with van der Waals surface area (Å²) in [5.74, 6) is 3.08. The molecule has 1 aromatic carbocycles. The maximum Gasteiger partial charge on any atom is 0.166 e. The van der Waals surface area contributed by atoms with E-state index in [1.807, 2.05) is 6.20 Å². The van der Waals surface area contributed by atoms with Crippen molar-refractivity contribution in [1.29, 1.82) is 5.41 Å². The second kappa shape index (κ2) is 12.8. The number of hydrogen-bond donors (Lipinski definition) is 3. The molecule has 0 saturated carbocycles. The predicted molar refractivity (Wildman–Crippen MR) is 157 cm³/mol. The van der Waals surface area contributed by atoms with Crippen molar-refractivity contribution in [2.24, 2.45) is 5.92 Å². The highest BCUT2D eigenvalue weighted by atomic mass is 35.5. The van der Waals surface area contributed by atoms with E-state index in [9.17, 15) is 4.55 Å². The molecule has 1 atom stereocenters. The van der Waals surface area contributed by atoms with Gasteiger partial charge in [0.25, 0.3) is 0 Å². The zero-order valence-corrected chi connectivity index (χ0v) is 23.7. The quantitative estimate of drug-likeness (QED) is 0.170. The Hall–Kier alpha value is -2.92. The van der Waals surface area contributed by atoms with Crippen molar-refractivity contribution in [2.45, 2.75) is 19.8 Å². The van der Waals surface area contributed by atoms with Crippen molar-refractivity contribution < 1.29 is 9.29 Å². The number of hydrogen-bond acceptors (Lipinski definition) is 9. The lowest BCUT2D eigenvalue weighted by Crippen LogP contribution is -2.49. The van der Waals surface area contributed by atoms with E-state index in [0.29, 0.717) is 48.0 Å². The number of rotatable bonds is 12.